The van der Waals surface area contributed by atoms with E-state index in [1.807, 2.05) is 18.2 Å². The molecule has 0 spiro atoms. The summed E-state index contributed by atoms with van der Waals surface area (Å²) in [5.41, 5.74) is 0.924. The number of hydrogen-bond acceptors (Lipinski definition) is 2. The summed E-state index contributed by atoms with van der Waals surface area (Å²) in [5, 5.41) is 12.7. The summed E-state index contributed by atoms with van der Waals surface area (Å²) in [5.74, 6) is 2.93. The normalized spacial score (nSPS) is 9.64. The van der Waals surface area contributed by atoms with Crippen LogP contribution in [0.2, 0.25) is 0 Å². The van der Waals surface area contributed by atoms with Crippen LogP contribution in [0, 0.1) is 12.3 Å². The Hall–Kier alpha value is -1.46. The molecule has 14 heavy (non-hydrogen) atoms. The number of para-hydroxylation sites is 1. The van der Waals surface area contributed by atoms with Crippen molar-refractivity contribution in [3.05, 3.63) is 29.8 Å². The number of aromatic hydroxyl groups is 1. The lowest BCUT2D eigenvalue weighted by atomic mass is 10.2. The Morgan fingerprint density at radius 3 is 2.86 bits per heavy atom. The van der Waals surface area contributed by atoms with E-state index < -0.39 is 0 Å². The third-order valence-corrected chi connectivity index (χ3v) is 1.98. The Balaban J connectivity index is 2.25. The van der Waals surface area contributed by atoms with Gasteiger partial charge in [-0.3, -0.25) is 0 Å². The second kappa shape index (κ2) is 6.06. The van der Waals surface area contributed by atoms with Gasteiger partial charge in [-0.05, 0) is 19.0 Å². The van der Waals surface area contributed by atoms with E-state index in [-0.39, 0.29) is 0 Å². The van der Waals surface area contributed by atoms with E-state index in [0.717, 1.165) is 24.9 Å². The topological polar surface area (TPSA) is 32.3 Å². The van der Waals surface area contributed by atoms with E-state index in [9.17, 15) is 5.11 Å². The minimum absolute atomic E-state index is 0.344. The summed E-state index contributed by atoms with van der Waals surface area (Å²) >= 11 is 0. The summed E-state index contributed by atoms with van der Waals surface area (Å²) in [6.07, 6.45) is 6.90. The molecule has 0 aromatic heterocycles. The Labute approximate surface area is 85.0 Å². The van der Waals surface area contributed by atoms with E-state index in [4.69, 9.17) is 6.42 Å². The van der Waals surface area contributed by atoms with E-state index in [2.05, 4.69) is 11.2 Å². The molecule has 1 aromatic rings. The summed E-state index contributed by atoms with van der Waals surface area (Å²) in [4.78, 5) is 0. The minimum Gasteiger partial charge on any atom is -0.508 e. The molecule has 0 fully saturated rings. The third-order valence-electron chi connectivity index (χ3n) is 1.98. The first-order chi connectivity index (χ1) is 6.84. The SMILES string of the molecule is C#CCCCNCc1ccccc1O. The van der Waals surface area contributed by atoms with Gasteiger partial charge in [0.25, 0.3) is 0 Å². The number of unbranched alkanes of at least 4 members (excludes halogenated alkanes) is 1. The Kier molecular flexibility index (Phi) is 4.60. The number of hydrogen-bond donors (Lipinski definition) is 2. The molecule has 0 amide bonds. The molecule has 1 rings (SSSR count). The smallest absolute Gasteiger partial charge is 0.120 e. The Morgan fingerprint density at radius 1 is 1.36 bits per heavy atom. The number of benzene rings is 1. The fourth-order valence-corrected chi connectivity index (χ4v) is 1.20. The van der Waals surface area contributed by atoms with Crippen molar-refractivity contribution in [2.75, 3.05) is 6.54 Å². The van der Waals surface area contributed by atoms with Crippen molar-refractivity contribution in [2.45, 2.75) is 19.4 Å². The molecule has 2 N–H and O–H groups in total. The van der Waals surface area contributed by atoms with Crippen molar-refractivity contribution in [1.82, 2.24) is 5.32 Å². The molecule has 0 aliphatic heterocycles. The van der Waals surface area contributed by atoms with Gasteiger partial charge < -0.3 is 10.4 Å². The van der Waals surface area contributed by atoms with Gasteiger partial charge in [-0.2, -0.15) is 0 Å². The van der Waals surface area contributed by atoms with E-state index >= 15 is 0 Å². The summed E-state index contributed by atoms with van der Waals surface area (Å²) in [6, 6.07) is 7.33. The molecule has 1 aromatic carbocycles. The van der Waals surface area contributed by atoms with Crippen LogP contribution in [0.1, 0.15) is 18.4 Å². The van der Waals surface area contributed by atoms with Gasteiger partial charge in [-0.15, -0.1) is 12.3 Å². The van der Waals surface area contributed by atoms with Crippen molar-refractivity contribution in [3.8, 4) is 18.1 Å². The zero-order chi connectivity index (χ0) is 10.2. The third kappa shape index (κ3) is 3.51. The fraction of sp³-hybridized carbons (Fsp3) is 0.333. The van der Waals surface area contributed by atoms with Crippen LogP contribution >= 0.6 is 0 Å². The average molecular weight is 189 g/mol. The van der Waals surface area contributed by atoms with E-state index in [0.29, 0.717) is 12.3 Å². The molecule has 0 aliphatic carbocycles. The van der Waals surface area contributed by atoms with Crippen LogP contribution in [0.4, 0.5) is 0 Å². The van der Waals surface area contributed by atoms with Crippen LogP contribution in [0.5, 0.6) is 5.75 Å². The predicted molar refractivity (Wildman–Crippen MR) is 57.9 cm³/mol. The summed E-state index contributed by atoms with van der Waals surface area (Å²) in [6.45, 7) is 1.58. The maximum absolute atomic E-state index is 9.44. The van der Waals surface area contributed by atoms with Crippen molar-refractivity contribution < 1.29 is 5.11 Å². The second-order valence-corrected chi connectivity index (χ2v) is 3.11. The van der Waals surface area contributed by atoms with E-state index in [1.54, 1.807) is 6.07 Å². The average Bonchev–Trinajstić information content (AvgIpc) is 2.20. The first kappa shape index (κ1) is 10.6. The van der Waals surface area contributed by atoms with Crippen molar-refractivity contribution in [1.29, 1.82) is 0 Å². The molecule has 0 atom stereocenters. The van der Waals surface area contributed by atoms with Gasteiger partial charge in [0.15, 0.2) is 0 Å². The summed E-state index contributed by atoms with van der Waals surface area (Å²) in [7, 11) is 0. The van der Waals surface area contributed by atoms with Gasteiger partial charge >= 0.3 is 0 Å². The Morgan fingerprint density at radius 2 is 2.14 bits per heavy atom. The van der Waals surface area contributed by atoms with E-state index in [1.165, 1.54) is 0 Å². The zero-order valence-electron chi connectivity index (χ0n) is 8.16. The molecule has 0 unspecified atom stereocenters. The highest BCUT2D eigenvalue weighted by atomic mass is 16.3. The summed E-state index contributed by atoms with van der Waals surface area (Å²) < 4.78 is 0. The van der Waals surface area contributed by atoms with Crippen LogP contribution in [0.25, 0.3) is 0 Å². The first-order valence-corrected chi connectivity index (χ1v) is 4.75. The number of terminal acetylenes is 1. The van der Waals surface area contributed by atoms with Gasteiger partial charge in [0.2, 0.25) is 0 Å². The van der Waals surface area contributed by atoms with Gasteiger partial charge in [-0.1, -0.05) is 18.2 Å². The fourth-order valence-electron chi connectivity index (χ4n) is 1.20. The van der Waals surface area contributed by atoms with Crippen LogP contribution in [0.15, 0.2) is 24.3 Å². The lowest BCUT2D eigenvalue weighted by molar-refractivity contribution is 0.464. The maximum atomic E-state index is 9.44. The largest absolute Gasteiger partial charge is 0.508 e. The molecule has 0 bridgehead atoms. The quantitative estimate of drug-likeness (QED) is 0.547. The Bertz CT molecular complexity index is 314. The number of phenols is 1. The molecule has 0 saturated heterocycles. The molecule has 0 aliphatic rings. The van der Waals surface area contributed by atoms with Crippen molar-refractivity contribution in [2.24, 2.45) is 0 Å². The second-order valence-electron chi connectivity index (χ2n) is 3.11. The van der Waals surface area contributed by atoms with Gasteiger partial charge in [0.05, 0.1) is 0 Å². The van der Waals surface area contributed by atoms with Crippen LogP contribution < -0.4 is 5.32 Å². The molecule has 2 heteroatoms. The monoisotopic (exact) mass is 189 g/mol. The zero-order valence-corrected chi connectivity index (χ0v) is 8.16. The van der Waals surface area contributed by atoms with Gasteiger partial charge in [-0.25, -0.2) is 0 Å². The molecule has 74 valence electrons. The predicted octanol–water partition coefficient (Wildman–Crippen LogP) is 1.90. The first-order valence-electron chi connectivity index (χ1n) is 4.75. The molecule has 0 saturated carbocycles. The van der Waals surface area contributed by atoms with Gasteiger partial charge in [0.1, 0.15) is 5.75 Å². The maximum Gasteiger partial charge on any atom is 0.120 e. The standard InChI is InChI=1S/C12H15NO/c1-2-3-6-9-13-10-11-7-4-5-8-12(11)14/h1,4-5,7-8,13-14H,3,6,9-10H2. The number of rotatable bonds is 5. The highest BCUT2D eigenvalue weighted by Crippen LogP contribution is 2.14. The molecular weight excluding hydrogens is 174 g/mol. The lowest BCUT2D eigenvalue weighted by Gasteiger charge is -2.05. The molecule has 0 radical (unpaired) electrons. The van der Waals surface area contributed by atoms with Crippen LogP contribution in [-0.4, -0.2) is 11.7 Å². The molecule has 2 nitrogen and oxygen atoms in total. The molecule has 0 heterocycles. The number of phenolic OH excluding ortho intramolecular Hbond substituents is 1. The number of nitrogens with one attached hydrogen (secondary N) is 1. The lowest BCUT2D eigenvalue weighted by Crippen LogP contribution is -2.14. The minimum atomic E-state index is 0.344. The van der Waals surface area contributed by atoms with Crippen LogP contribution in [-0.2, 0) is 6.54 Å². The van der Waals surface area contributed by atoms with Crippen molar-refractivity contribution in [3.63, 3.8) is 0 Å². The van der Waals surface area contributed by atoms with Gasteiger partial charge in [0, 0.05) is 18.5 Å². The van der Waals surface area contributed by atoms with Crippen molar-refractivity contribution >= 4 is 0 Å². The molecular formula is C12H15NO. The highest BCUT2D eigenvalue weighted by molar-refractivity contribution is 5.31. The highest BCUT2D eigenvalue weighted by Gasteiger charge is 1.97. The van der Waals surface area contributed by atoms with Crippen LogP contribution in [0.3, 0.4) is 0 Å².